The van der Waals surface area contributed by atoms with Crippen LogP contribution in [0.2, 0.25) is 0 Å². The second-order valence-corrected chi connectivity index (χ2v) is 5.06. The SMILES string of the molecule is C=C[C@](C)(C#Cc1ccccc1)CCC=C(C)C. The number of rotatable bonds is 4. The normalized spacial score (nSPS) is 12.8. The van der Waals surface area contributed by atoms with Crippen LogP contribution in [0.4, 0.5) is 0 Å². The smallest absolute Gasteiger partial charge is 0.0469 e. The monoisotopic (exact) mass is 238 g/mol. The van der Waals surface area contributed by atoms with E-state index in [-0.39, 0.29) is 5.41 Å². The molecule has 0 saturated heterocycles. The van der Waals surface area contributed by atoms with Gasteiger partial charge in [-0.2, -0.15) is 0 Å². The zero-order chi connectivity index (χ0) is 13.4. The molecule has 0 heterocycles. The first-order chi connectivity index (χ1) is 8.56. The van der Waals surface area contributed by atoms with Crippen LogP contribution in [0.3, 0.4) is 0 Å². The van der Waals surface area contributed by atoms with Crippen molar-refractivity contribution in [3.05, 3.63) is 60.2 Å². The quantitative estimate of drug-likeness (QED) is 0.513. The molecule has 0 heteroatoms. The van der Waals surface area contributed by atoms with Gasteiger partial charge in [0.05, 0.1) is 0 Å². The topological polar surface area (TPSA) is 0 Å². The molecule has 0 aliphatic rings. The fourth-order valence-electron chi connectivity index (χ4n) is 1.61. The van der Waals surface area contributed by atoms with Crippen molar-refractivity contribution in [1.82, 2.24) is 0 Å². The Morgan fingerprint density at radius 3 is 2.50 bits per heavy atom. The minimum Gasteiger partial charge on any atom is -0.102 e. The van der Waals surface area contributed by atoms with E-state index >= 15 is 0 Å². The molecule has 0 radical (unpaired) electrons. The first kappa shape index (κ1) is 14.3. The maximum atomic E-state index is 3.92. The van der Waals surface area contributed by atoms with Crippen LogP contribution in [-0.4, -0.2) is 0 Å². The van der Waals surface area contributed by atoms with Gasteiger partial charge in [0.1, 0.15) is 0 Å². The lowest BCUT2D eigenvalue weighted by atomic mass is 9.86. The predicted octanol–water partition coefficient (Wildman–Crippen LogP) is 4.98. The van der Waals surface area contributed by atoms with Crippen LogP contribution in [0.25, 0.3) is 0 Å². The zero-order valence-electron chi connectivity index (χ0n) is 11.7. The molecule has 1 aromatic carbocycles. The highest BCUT2D eigenvalue weighted by atomic mass is 14.2. The van der Waals surface area contributed by atoms with E-state index in [1.54, 1.807) is 0 Å². The van der Waals surface area contributed by atoms with Gasteiger partial charge in [-0.15, -0.1) is 6.58 Å². The Balaban J connectivity index is 2.74. The van der Waals surface area contributed by atoms with Crippen molar-refractivity contribution in [2.45, 2.75) is 33.6 Å². The molecular formula is C18H22. The molecule has 0 saturated carbocycles. The van der Waals surface area contributed by atoms with Crippen molar-refractivity contribution in [2.75, 3.05) is 0 Å². The van der Waals surface area contributed by atoms with Crippen molar-refractivity contribution < 1.29 is 0 Å². The van der Waals surface area contributed by atoms with Gasteiger partial charge in [0.15, 0.2) is 0 Å². The van der Waals surface area contributed by atoms with Crippen molar-refractivity contribution in [1.29, 1.82) is 0 Å². The minimum atomic E-state index is -0.109. The molecule has 0 aromatic heterocycles. The van der Waals surface area contributed by atoms with Gasteiger partial charge in [-0.05, 0) is 45.7 Å². The third kappa shape index (κ3) is 5.06. The molecule has 1 rings (SSSR count). The first-order valence-electron chi connectivity index (χ1n) is 6.41. The molecule has 0 unspecified atom stereocenters. The average Bonchev–Trinajstić information content (AvgIpc) is 2.37. The van der Waals surface area contributed by atoms with Crippen LogP contribution in [-0.2, 0) is 0 Å². The Bertz CT molecular complexity index is 464. The van der Waals surface area contributed by atoms with Crippen LogP contribution in [0.5, 0.6) is 0 Å². The van der Waals surface area contributed by atoms with Gasteiger partial charge in [-0.25, -0.2) is 0 Å². The van der Waals surface area contributed by atoms with E-state index in [1.165, 1.54) is 5.57 Å². The molecule has 1 atom stereocenters. The lowest BCUT2D eigenvalue weighted by Gasteiger charge is -2.17. The fourth-order valence-corrected chi connectivity index (χ4v) is 1.61. The summed E-state index contributed by atoms with van der Waals surface area (Å²) in [6.45, 7) is 10.3. The molecule has 0 fully saturated rings. The van der Waals surface area contributed by atoms with Crippen LogP contribution < -0.4 is 0 Å². The molecule has 0 N–H and O–H groups in total. The zero-order valence-corrected chi connectivity index (χ0v) is 11.7. The van der Waals surface area contributed by atoms with E-state index in [2.05, 4.69) is 45.3 Å². The van der Waals surface area contributed by atoms with Gasteiger partial charge in [0.2, 0.25) is 0 Å². The molecule has 94 valence electrons. The third-order valence-electron chi connectivity index (χ3n) is 2.93. The van der Waals surface area contributed by atoms with Crippen LogP contribution in [0.1, 0.15) is 39.2 Å². The van der Waals surface area contributed by atoms with Gasteiger partial charge in [0, 0.05) is 11.0 Å². The predicted molar refractivity (Wildman–Crippen MR) is 80.3 cm³/mol. The highest BCUT2D eigenvalue weighted by Gasteiger charge is 2.15. The highest BCUT2D eigenvalue weighted by Crippen LogP contribution is 2.24. The van der Waals surface area contributed by atoms with E-state index in [4.69, 9.17) is 0 Å². The summed E-state index contributed by atoms with van der Waals surface area (Å²) in [4.78, 5) is 0. The summed E-state index contributed by atoms with van der Waals surface area (Å²) < 4.78 is 0. The number of allylic oxidation sites excluding steroid dienone is 3. The second kappa shape index (κ2) is 6.87. The molecule has 0 nitrogen and oxygen atoms in total. The Kier molecular flexibility index (Phi) is 5.46. The van der Waals surface area contributed by atoms with Crippen LogP contribution >= 0.6 is 0 Å². The Labute approximate surface area is 111 Å². The van der Waals surface area contributed by atoms with Crippen LogP contribution in [0, 0.1) is 17.3 Å². The lowest BCUT2D eigenvalue weighted by Crippen LogP contribution is -2.09. The molecule has 1 aromatic rings. The molecule has 0 amide bonds. The summed E-state index contributed by atoms with van der Waals surface area (Å²) >= 11 is 0. The van der Waals surface area contributed by atoms with E-state index < -0.39 is 0 Å². The van der Waals surface area contributed by atoms with E-state index in [0.29, 0.717) is 0 Å². The number of hydrogen-bond acceptors (Lipinski definition) is 0. The third-order valence-corrected chi connectivity index (χ3v) is 2.93. The summed E-state index contributed by atoms with van der Waals surface area (Å²) in [6.07, 6.45) is 6.28. The van der Waals surface area contributed by atoms with Crippen molar-refractivity contribution in [3.8, 4) is 11.8 Å². The lowest BCUT2D eigenvalue weighted by molar-refractivity contribution is 0.528. The Morgan fingerprint density at radius 2 is 1.94 bits per heavy atom. The minimum absolute atomic E-state index is 0.109. The average molecular weight is 238 g/mol. The molecular weight excluding hydrogens is 216 g/mol. The van der Waals surface area contributed by atoms with Gasteiger partial charge in [-0.1, -0.05) is 47.8 Å². The standard InChI is InChI=1S/C18H22/c1-5-18(4,14-9-10-16(2)3)15-13-17-11-7-6-8-12-17/h5-8,10-12H,1,9,14H2,2-4H3/t18-/m0/s1. The summed E-state index contributed by atoms with van der Waals surface area (Å²) in [7, 11) is 0. The largest absolute Gasteiger partial charge is 0.102 e. The number of hydrogen-bond donors (Lipinski definition) is 0. The Morgan fingerprint density at radius 1 is 1.28 bits per heavy atom. The number of benzene rings is 1. The van der Waals surface area contributed by atoms with E-state index in [1.807, 2.05) is 36.4 Å². The second-order valence-electron chi connectivity index (χ2n) is 5.06. The molecule has 0 spiro atoms. The van der Waals surface area contributed by atoms with E-state index in [0.717, 1.165) is 18.4 Å². The van der Waals surface area contributed by atoms with Gasteiger partial charge >= 0.3 is 0 Å². The Hall–Kier alpha value is -1.74. The molecule has 0 bridgehead atoms. The molecule has 18 heavy (non-hydrogen) atoms. The maximum Gasteiger partial charge on any atom is 0.0469 e. The summed E-state index contributed by atoms with van der Waals surface area (Å²) in [5.41, 5.74) is 2.31. The van der Waals surface area contributed by atoms with Gasteiger partial charge in [0.25, 0.3) is 0 Å². The van der Waals surface area contributed by atoms with E-state index in [9.17, 15) is 0 Å². The van der Waals surface area contributed by atoms with Gasteiger partial charge in [-0.3, -0.25) is 0 Å². The first-order valence-corrected chi connectivity index (χ1v) is 6.41. The molecule has 0 aliphatic carbocycles. The van der Waals surface area contributed by atoms with Crippen molar-refractivity contribution in [2.24, 2.45) is 5.41 Å². The summed E-state index contributed by atoms with van der Waals surface area (Å²) in [5, 5.41) is 0. The van der Waals surface area contributed by atoms with Crippen LogP contribution in [0.15, 0.2) is 54.6 Å². The maximum absolute atomic E-state index is 3.92. The van der Waals surface area contributed by atoms with Crippen molar-refractivity contribution >= 4 is 0 Å². The molecule has 0 aliphatic heterocycles. The summed E-state index contributed by atoms with van der Waals surface area (Å²) in [6, 6.07) is 10.1. The summed E-state index contributed by atoms with van der Waals surface area (Å²) in [5.74, 6) is 6.57. The highest BCUT2D eigenvalue weighted by molar-refractivity contribution is 5.36. The van der Waals surface area contributed by atoms with Crippen molar-refractivity contribution in [3.63, 3.8) is 0 Å². The fraction of sp³-hybridized carbons (Fsp3) is 0.333. The van der Waals surface area contributed by atoms with Gasteiger partial charge < -0.3 is 0 Å².